The van der Waals surface area contributed by atoms with E-state index in [1.807, 2.05) is 18.7 Å². The Balaban J connectivity index is 1.66. The number of likely N-dealkylation sites (tertiary alicyclic amines) is 1. The summed E-state index contributed by atoms with van der Waals surface area (Å²) < 4.78 is 5.54. The van der Waals surface area contributed by atoms with Crippen LogP contribution in [-0.2, 0) is 9.53 Å². The van der Waals surface area contributed by atoms with Gasteiger partial charge in [0.25, 0.3) is 0 Å². The normalized spacial score (nSPS) is 22.4. The SMILES string of the molecule is CN=C(NCCCOC(C)C)NC1CCN(C(=O)C2CCCC2)C1. The molecule has 2 aliphatic rings. The first-order valence-electron chi connectivity index (χ1n) is 9.47. The van der Waals surface area contributed by atoms with Crippen LogP contribution in [0.15, 0.2) is 4.99 Å². The Kier molecular flexibility index (Phi) is 7.82. The van der Waals surface area contributed by atoms with Crippen LogP contribution < -0.4 is 10.6 Å². The lowest BCUT2D eigenvalue weighted by molar-refractivity contribution is -0.134. The van der Waals surface area contributed by atoms with Crippen LogP contribution in [0.4, 0.5) is 0 Å². The van der Waals surface area contributed by atoms with Crippen molar-refractivity contribution < 1.29 is 9.53 Å². The number of aliphatic imine (C=N–C) groups is 1. The fraction of sp³-hybridized carbons (Fsp3) is 0.889. The van der Waals surface area contributed by atoms with E-state index in [-0.39, 0.29) is 12.0 Å². The number of amides is 1. The highest BCUT2D eigenvalue weighted by Gasteiger charge is 2.32. The first-order chi connectivity index (χ1) is 11.6. The smallest absolute Gasteiger partial charge is 0.225 e. The highest BCUT2D eigenvalue weighted by atomic mass is 16.5. The lowest BCUT2D eigenvalue weighted by atomic mass is 10.1. The zero-order valence-corrected chi connectivity index (χ0v) is 15.5. The summed E-state index contributed by atoms with van der Waals surface area (Å²) in [5.74, 6) is 1.47. The predicted octanol–water partition coefficient (Wildman–Crippen LogP) is 1.76. The topological polar surface area (TPSA) is 66.0 Å². The maximum absolute atomic E-state index is 12.5. The van der Waals surface area contributed by atoms with Crippen molar-refractivity contribution in [1.82, 2.24) is 15.5 Å². The van der Waals surface area contributed by atoms with E-state index in [0.717, 1.165) is 57.9 Å². The Labute approximate surface area is 146 Å². The minimum Gasteiger partial charge on any atom is -0.379 e. The molecule has 2 N–H and O–H groups in total. The van der Waals surface area contributed by atoms with E-state index in [9.17, 15) is 4.79 Å². The van der Waals surface area contributed by atoms with Crippen LogP contribution in [-0.4, -0.2) is 62.2 Å². The third kappa shape index (κ3) is 5.96. The van der Waals surface area contributed by atoms with Crippen LogP contribution in [0.25, 0.3) is 0 Å². The van der Waals surface area contributed by atoms with Gasteiger partial charge in [-0.05, 0) is 39.5 Å². The van der Waals surface area contributed by atoms with Crippen molar-refractivity contribution in [1.29, 1.82) is 0 Å². The molecule has 1 saturated heterocycles. The molecule has 0 aromatic rings. The summed E-state index contributed by atoms with van der Waals surface area (Å²) in [4.78, 5) is 18.8. The molecule has 0 aromatic heterocycles. The van der Waals surface area contributed by atoms with Gasteiger partial charge in [0, 0.05) is 45.2 Å². The van der Waals surface area contributed by atoms with Crippen molar-refractivity contribution >= 4 is 11.9 Å². The Morgan fingerprint density at radius 1 is 1.29 bits per heavy atom. The molecule has 1 unspecified atom stereocenters. The van der Waals surface area contributed by atoms with E-state index in [1.54, 1.807) is 7.05 Å². The van der Waals surface area contributed by atoms with Crippen molar-refractivity contribution in [2.45, 2.75) is 64.5 Å². The number of hydrogen-bond donors (Lipinski definition) is 2. The third-order valence-corrected chi connectivity index (χ3v) is 4.83. The molecule has 1 aliphatic carbocycles. The summed E-state index contributed by atoms with van der Waals surface area (Å²) in [5.41, 5.74) is 0. The fourth-order valence-electron chi connectivity index (χ4n) is 3.50. The number of guanidine groups is 1. The zero-order valence-electron chi connectivity index (χ0n) is 15.5. The molecule has 2 fully saturated rings. The molecular formula is C18H34N4O2. The summed E-state index contributed by atoms with van der Waals surface area (Å²) >= 11 is 0. The number of hydrogen-bond acceptors (Lipinski definition) is 3. The molecule has 0 bridgehead atoms. The van der Waals surface area contributed by atoms with E-state index in [4.69, 9.17) is 4.74 Å². The molecule has 1 amide bonds. The van der Waals surface area contributed by atoms with E-state index in [1.165, 1.54) is 12.8 Å². The number of carbonyl (C=O) groups excluding carboxylic acids is 1. The molecule has 138 valence electrons. The largest absolute Gasteiger partial charge is 0.379 e. The molecular weight excluding hydrogens is 304 g/mol. The standard InChI is InChI=1S/C18H34N4O2/c1-14(2)24-12-6-10-20-18(19-3)21-16-9-11-22(13-16)17(23)15-7-4-5-8-15/h14-16H,4-13H2,1-3H3,(H2,19,20,21). The zero-order chi connectivity index (χ0) is 17.4. The van der Waals surface area contributed by atoms with E-state index >= 15 is 0 Å². The van der Waals surface area contributed by atoms with Gasteiger partial charge < -0.3 is 20.3 Å². The first kappa shape index (κ1) is 19.0. The summed E-state index contributed by atoms with van der Waals surface area (Å²) in [7, 11) is 1.79. The molecule has 2 rings (SSSR count). The maximum Gasteiger partial charge on any atom is 0.225 e. The first-order valence-corrected chi connectivity index (χ1v) is 9.47. The van der Waals surface area contributed by atoms with Gasteiger partial charge in [-0.1, -0.05) is 12.8 Å². The molecule has 0 radical (unpaired) electrons. The van der Waals surface area contributed by atoms with Crippen LogP contribution >= 0.6 is 0 Å². The molecule has 1 saturated carbocycles. The highest BCUT2D eigenvalue weighted by Crippen LogP contribution is 2.27. The summed E-state index contributed by atoms with van der Waals surface area (Å²) in [5, 5.41) is 6.77. The number of rotatable bonds is 7. The van der Waals surface area contributed by atoms with Crippen molar-refractivity contribution in [3.05, 3.63) is 0 Å². The van der Waals surface area contributed by atoms with Crippen LogP contribution in [0.5, 0.6) is 0 Å². The third-order valence-electron chi connectivity index (χ3n) is 4.83. The summed E-state index contributed by atoms with van der Waals surface area (Å²) in [6.45, 7) is 7.36. The number of nitrogens with zero attached hydrogens (tertiary/aromatic N) is 2. The molecule has 6 nitrogen and oxygen atoms in total. The number of ether oxygens (including phenoxy) is 1. The average Bonchev–Trinajstić information content (AvgIpc) is 3.24. The lowest BCUT2D eigenvalue weighted by Crippen LogP contribution is -2.45. The second-order valence-electron chi connectivity index (χ2n) is 7.17. The van der Waals surface area contributed by atoms with Crippen molar-refractivity contribution in [3.8, 4) is 0 Å². The molecule has 1 heterocycles. The minimum atomic E-state index is 0.280. The van der Waals surface area contributed by atoms with Gasteiger partial charge in [-0.15, -0.1) is 0 Å². The van der Waals surface area contributed by atoms with Crippen molar-refractivity contribution in [2.75, 3.05) is 33.3 Å². The molecule has 1 aliphatic heterocycles. The predicted molar refractivity (Wildman–Crippen MR) is 97.1 cm³/mol. The van der Waals surface area contributed by atoms with Gasteiger partial charge in [-0.2, -0.15) is 0 Å². The van der Waals surface area contributed by atoms with Gasteiger partial charge >= 0.3 is 0 Å². The van der Waals surface area contributed by atoms with E-state index in [2.05, 4.69) is 15.6 Å². The highest BCUT2D eigenvalue weighted by molar-refractivity contribution is 5.81. The Morgan fingerprint density at radius 2 is 2.04 bits per heavy atom. The number of carbonyl (C=O) groups is 1. The molecule has 24 heavy (non-hydrogen) atoms. The summed E-state index contributed by atoms with van der Waals surface area (Å²) in [6, 6.07) is 0.300. The second-order valence-corrected chi connectivity index (χ2v) is 7.17. The molecule has 6 heteroatoms. The van der Waals surface area contributed by atoms with Crippen molar-refractivity contribution in [3.63, 3.8) is 0 Å². The average molecular weight is 338 g/mol. The Morgan fingerprint density at radius 3 is 2.71 bits per heavy atom. The lowest BCUT2D eigenvalue weighted by Gasteiger charge is -2.21. The van der Waals surface area contributed by atoms with Gasteiger partial charge in [-0.3, -0.25) is 9.79 Å². The van der Waals surface area contributed by atoms with Crippen LogP contribution in [0.3, 0.4) is 0 Å². The van der Waals surface area contributed by atoms with Gasteiger partial charge in [0.1, 0.15) is 0 Å². The van der Waals surface area contributed by atoms with Crippen LogP contribution in [0.1, 0.15) is 52.4 Å². The summed E-state index contributed by atoms with van der Waals surface area (Å²) in [6.07, 6.45) is 6.81. The van der Waals surface area contributed by atoms with Gasteiger partial charge in [0.05, 0.1) is 6.10 Å². The molecule has 1 atom stereocenters. The quantitative estimate of drug-likeness (QED) is 0.422. The van der Waals surface area contributed by atoms with Crippen LogP contribution in [0, 0.1) is 5.92 Å². The van der Waals surface area contributed by atoms with Gasteiger partial charge in [-0.25, -0.2) is 0 Å². The fourth-order valence-corrected chi connectivity index (χ4v) is 3.50. The Bertz CT molecular complexity index is 419. The minimum absolute atomic E-state index is 0.280. The van der Waals surface area contributed by atoms with E-state index < -0.39 is 0 Å². The second kappa shape index (κ2) is 9.87. The van der Waals surface area contributed by atoms with Crippen LogP contribution in [0.2, 0.25) is 0 Å². The van der Waals surface area contributed by atoms with Crippen molar-refractivity contribution in [2.24, 2.45) is 10.9 Å². The number of nitrogens with one attached hydrogen (secondary N) is 2. The van der Waals surface area contributed by atoms with Gasteiger partial charge in [0.15, 0.2) is 5.96 Å². The molecule has 0 aromatic carbocycles. The van der Waals surface area contributed by atoms with E-state index in [0.29, 0.717) is 11.9 Å². The maximum atomic E-state index is 12.5. The monoisotopic (exact) mass is 338 g/mol. The Hall–Kier alpha value is -1.30. The molecule has 0 spiro atoms. The van der Waals surface area contributed by atoms with Gasteiger partial charge in [0.2, 0.25) is 5.91 Å².